The first-order valence-corrected chi connectivity index (χ1v) is 9.95. The Morgan fingerprint density at radius 3 is 2.68 bits per heavy atom. The molecule has 0 spiro atoms. The number of rotatable bonds is 5. The van der Waals surface area contributed by atoms with E-state index in [2.05, 4.69) is 27.3 Å². The summed E-state index contributed by atoms with van der Waals surface area (Å²) in [6, 6.07) is 0. The third-order valence-corrected chi connectivity index (χ3v) is 6.16. The van der Waals surface area contributed by atoms with Gasteiger partial charge in [0, 0.05) is 50.0 Å². The van der Waals surface area contributed by atoms with Crippen LogP contribution in [0.25, 0.3) is 0 Å². The van der Waals surface area contributed by atoms with Crippen LogP contribution in [0.15, 0.2) is 17.8 Å². The van der Waals surface area contributed by atoms with Gasteiger partial charge in [-0.2, -0.15) is 5.10 Å². The number of likely N-dealkylation sites (tertiary alicyclic amines) is 2. The monoisotopic (exact) mass is 359 g/mol. The highest BCUT2D eigenvalue weighted by molar-refractivity contribution is 7.09. The summed E-state index contributed by atoms with van der Waals surface area (Å²) in [4.78, 5) is 21.8. The number of amides is 1. The molecule has 7 heteroatoms. The third-order valence-electron chi connectivity index (χ3n) is 5.21. The Labute approximate surface area is 152 Å². The number of aryl methyl sites for hydroxylation is 2. The highest BCUT2D eigenvalue weighted by Crippen LogP contribution is 2.32. The highest BCUT2D eigenvalue weighted by atomic mass is 32.1. The lowest BCUT2D eigenvalue weighted by Crippen LogP contribution is -2.33. The minimum atomic E-state index is 0.138. The summed E-state index contributed by atoms with van der Waals surface area (Å²) in [5, 5.41) is 7.61. The van der Waals surface area contributed by atoms with Crippen LogP contribution in [0.2, 0.25) is 0 Å². The van der Waals surface area contributed by atoms with Crippen molar-refractivity contribution in [2.75, 3.05) is 26.2 Å². The van der Waals surface area contributed by atoms with E-state index < -0.39 is 0 Å². The predicted molar refractivity (Wildman–Crippen MR) is 97.5 cm³/mol. The van der Waals surface area contributed by atoms with E-state index in [1.54, 1.807) is 17.5 Å². The molecule has 4 rings (SSSR count). The van der Waals surface area contributed by atoms with Crippen molar-refractivity contribution < 1.29 is 4.79 Å². The van der Waals surface area contributed by atoms with Crippen LogP contribution >= 0.6 is 11.3 Å². The van der Waals surface area contributed by atoms with Gasteiger partial charge in [-0.1, -0.05) is 6.92 Å². The topological polar surface area (TPSA) is 54.3 Å². The number of carbonyl (C=O) groups excluding carboxylic acids is 1. The SMILES string of the molecule is CCCn1cc(C(=O)N2C[C@H]3CN(Cc4nc(C)cs4)C[C@H]3C2)cn1. The lowest BCUT2D eigenvalue weighted by atomic mass is 10.0. The molecule has 0 N–H and O–H groups in total. The molecule has 0 saturated carbocycles. The Morgan fingerprint density at radius 1 is 1.28 bits per heavy atom. The molecule has 2 fully saturated rings. The van der Waals surface area contributed by atoms with E-state index in [0.29, 0.717) is 11.8 Å². The zero-order valence-electron chi connectivity index (χ0n) is 14.9. The quantitative estimate of drug-likeness (QED) is 0.822. The molecule has 2 saturated heterocycles. The first-order valence-electron chi connectivity index (χ1n) is 9.07. The normalized spacial score (nSPS) is 23.4. The summed E-state index contributed by atoms with van der Waals surface area (Å²) < 4.78 is 1.86. The molecule has 2 aromatic rings. The van der Waals surface area contributed by atoms with Gasteiger partial charge in [-0.05, 0) is 25.2 Å². The molecule has 2 aromatic heterocycles. The standard InChI is InChI=1S/C18H25N5OS/c1-3-4-23-10-14(5-19-23)18(24)22-8-15-6-21(7-16(15)9-22)11-17-20-13(2)12-25-17/h5,10,12,15-16H,3-4,6-9,11H2,1-2H3/t15-,16+. The number of hydrogen-bond donors (Lipinski definition) is 0. The van der Waals surface area contributed by atoms with E-state index >= 15 is 0 Å². The molecule has 25 heavy (non-hydrogen) atoms. The van der Waals surface area contributed by atoms with Crippen LogP contribution < -0.4 is 0 Å². The molecule has 0 aromatic carbocycles. The van der Waals surface area contributed by atoms with Crippen molar-refractivity contribution >= 4 is 17.2 Å². The molecule has 134 valence electrons. The largest absolute Gasteiger partial charge is 0.338 e. The van der Waals surface area contributed by atoms with Gasteiger partial charge in [0.1, 0.15) is 5.01 Å². The first kappa shape index (κ1) is 16.7. The van der Waals surface area contributed by atoms with E-state index in [4.69, 9.17) is 0 Å². The Morgan fingerprint density at radius 2 is 2.04 bits per heavy atom. The lowest BCUT2D eigenvalue weighted by molar-refractivity contribution is 0.0773. The van der Waals surface area contributed by atoms with Crippen molar-refractivity contribution in [3.63, 3.8) is 0 Å². The molecule has 6 nitrogen and oxygen atoms in total. The summed E-state index contributed by atoms with van der Waals surface area (Å²) in [5.41, 5.74) is 1.84. The van der Waals surface area contributed by atoms with Crippen molar-refractivity contribution in [3.05, 3.63) is 34.0 Å². The number of carbonyl (C=O) groups is 1. The molecular formula is C18H25N5OS. The minimum Gasteiger partial charge on any atom is -0.338 e. The Balaban J connectivity index is 1.33. The molecule has 2 aliphatic heterocycles. The van der Waals surface area contributed by atoms with E-state index in [1.807, 2.05) is 22.7 Å². The summed E-state index contributed by atoms with van der Waals surface area (Å²) in [6.45, 7) is 9.86. The zero-order chi connectivity index (χ0) is 17.4. The second-order valence-electron chi connectivity index (χ2n) is 7.30. The summed E-state index contributed by atoms with van der Waals surface area (Å²) in [6.07, 6.45) is 4.62. The van der Waals surface area contributed by atoms with Gasteiger partial charge in [-0.15, -0.1) is 11.3 Å². The van der Waals surface area contributed by atoms with Crippen LogP contribution in [-0.2, 0) is 13.1 Å². The fourth-order valence-electron chi connectivity index (χ4n) is 4.06. The molecule has 0 aliphatic carbocycles. The third kappa shape index (κ3) is 3.48. The smallest absolute Gasteiger partial charge is 0.257 e. The molecule has 4 heterocycles. The molecular weight excluding hydrogens is 334 g/mol. The van der Waals surface area contributed by atoms with Crippen LogP contribution in [0.5, 0.6) is 0 Å². The Kier molecular flexibility index (Phi) is 4.60. The Hall–Kier alpha value is -1.73. The van der Waals surface area contributed by atoms with Crippen molar-refractivity contribution in [2.24, 2.45) is 11.8 Å². The maximum Gasteiger partial charge on any atom is 0.257 e. The van der Waals surface area contributed by atoms with Gasteiger partial charge in [-0.25, -0.2) is 4.98 Å². The lowest BCUT2D eigenvalue weighted by Gasteiger charge is -2.20. The van der Waals surface area contributed by atoms with Crippen LogP contribution in [0.3, 0.4) is 0 Å². The predicted octanol–water partition coefficient (Wildman–Crippen LogP) is 2.26. The molecule has 0 radical (unpaired) electrons. The summed E-state index contributed by atoms with van der Waals surface area (Å²) in [7, 11) is 0. The second kappa shape index (κ2) is 6.88. The van der Waals surface area contributed by atoms with Crippen molar-refractivity contribution in [2.45, 2.75) is 33.4 Å². The van der Waals surface area contributed by atoms with Gasteiger partial charge in [0.05, 0.1) is 18.3 Å². The maximum absolute atomic E-state index is 12.7. The van der Waals surface area contributed by atoms with E-state index in [-0.39, 0.29) is 5.91 Å². The van der Waals surface area contributed by atoms with Gasteiger partial charge in [0.2, 0.25) is 0 Å². The number of fused-ring (bicyclic) bond motifs is 1. The Bertz CT molecular complexity index is 740. The fourth-order valence-corrected chi connectivity index (χ4v) is 4.87. The van der Waals surface area contributed by atoms with Gasteiger partial charge >= 0.3 is 0 Å². The molecule has 2 atom stereocenters. The van der Waals surface area contributed by atoms with Crippen LogP contribution in [0, 0.1) is 18.8 Å². The van der Waals surface area contributed by atoms with Crippen LogP contribution in [0.4, 0.5) is 0 Å². The van der Waals surface area contributed by atoms with E-state index in [1.165, 1.54) is 5.01 Å². The van der Waals surface area contributed by atoms with E-state index in [9.17, 15) is 4.79 Å². The zero-order valence-corrected chi connectivity index (χ0v) is 15.7. The maximum atomic E-state index is 12.7. The number of nitrogens with zero attached hydrogens (tertiary/aromatic N) is 5. The van der Waals surface area contributed by atoms with Gasteiger partial charge < -0.3 is 4.90 Å². The van der Waals surface area contributed by atoms with Crippen molar-refractivity contribution in [3.8, 4) is 0 Å². The van der Waals surface area contributed by atoms with E-state index in [0.717, 1.165) is 56.9 Å². The van der Waals surface area contributed by atoms with Crippen molar-refractivity contribution in [1.29, 1.82) is 0 Å². The van der Waals surface area contributed by atoms with Gasteiger partial charge in [-0.3, -0.25) is 14.4 Å². The van der Waals surface area contributed by atoms with Gasteiger partial charge in [0.25, 0.3) is 5.91 Å². The number of thiazole rings is 1. The molecule has 0 unspecified atom stereocenters. The average molecular weight is 359 g/mol. The van der Waals surface area contributed by atoms with Crippen LogP contribution in [-0.4, -0.2) is 56.7 Å². The summed E-state index contributed by atoms with van der Waals surface area (Å²) in [5.74, 6) is 1.32. The number of aromatic nitrogens is 3. The molecule has 1 amide bonds. The van der Waals surface area contributed by atoms with Crippen molar-refractivity contribution in [1.82, 2.24) is 24.6 Å². The molecule has 2 aliphatic rings. The average Bonchev–Trinajstić information content (AvgIpc) is 3.32. The minimum absolute atomic E-state index is 0.138. The fraction of sp³-hybridized carbons (Fsp3) is 0.611. The van der Waals surface area contributed by atoms with Crippen LogP contribution in [0.1, 0.15) is 34.4 Å². The first-order chi connectivity index (χ1) is 12.1. The molecule has 0 bridgehead atoms. The van der Waals surface area contributed by atoms with Gasteiger partial charge in [0.15, 0.2) is 0 Å². The second-order valence-corrected chi connectivity index (χ2v) is 8.24. The highest BCUT2D eigenvalue weighted by Gasteiger charge is 2.41. The summed E-state index contributed by atoms with van der Waals surface area (Å²) >= 11 is 1.75. The number of hydrogen-bond acceptors (Lipinski definition) is 5.